The molecule has 82 valence electrons. The number of hydrogen-bond acceptors (Lipinski definition) is 3. The third-order valence-electron chi connectivity index (χ3n) is 3.71. The van der Waals surface area contributed by atoms with Crippen LogP contribution in [0.5, 0.6) is 0 Å². The summed E-state index contributed by atoms with van der Waals surface area (Å²) >= 11 is 0. The number of aliphatic hydroxyl groups excluding tert-OH is 1. The molecule has 0 aromatic heterocycles. The van der Waals surface area contributed by atoms with Gasteiger partial charge in [0.2, 0.25) is 0 Å². The zero-order valence-corrected chi connectivity index (χ0v) is 8.71. The van der Waals surface area contributed by atoms with E-state index < -0.39 is 5.60 Å². The average molecular weight is 199 g/mol. The lowest BCUT2D eigenvalue weighted by molar-refractivity contribution is -0.0386. The third-order valence-corrected chi connectivity index (χ3v) is 3.71. The van der Waals surface area contributed by atoms with E-state index in [0.717, 1.165) is 38.5 Å². The first-order chi connectivity index (χ1) is 6.70. The molecular formula is C11H21NO2. The Morgan fingerprint density at radius 3 is 2.43 bits per heavy atom. The molecule has 0 amide bonds. The van der Waals surface area contributed by atoms with Gasteiger partial charge in [-0.2, -0.15) is 0 Å². The molecule has 2 rings (SSSR count). The minimum Gasteiger partial charge on any atom is -0.392 e. The van der Waals surface area contributed by atoms with E-state index in [1.807, 2.05) is 0 Å². The van der Waals surface area contributed by atoms with Crippen molar-refractivity contribution in [3.63, 3.8) is 0 Å². The highest BCUT2D eigenvalue weighted by molar-refractivity contribution is 4.92. The summed E-state index contributed by atoms with van der Waals surface area (Å²) in [4.78, 5) is 0. The minimum atomic E-state index is -0.461. The smallest absolute Gasteiger partial charge is 0.0771 e. The van der Waals surface area contributed by atoms with E-state index in [1.165, 1.54) is 6.42 Å². The van der Waals surface area contributed by atoms with Crippen LogP contribution in [0.1, 0.15) is 44.9 Å². The van der Waals surface area contributed by atoms with Crippen LogP contribution < -0.4 is 5.32 Å². The normalized spacial score (nSPS) is 36.4. The van der Waals surface area contributed by atoms with Crippen LogP contribution >= 0.6 is 0 Å². The van der Waals surface area contributed by atoms with Crippen molar-refractivity contribution in [3.05, 3.63) is 0 Å². The van der Waals surface area contributed by atoms with Gasteiger partial charge in [0.1, 0.15) is 0 Å². The molecule has 0 saturated heterocycles. The molecule has 3 N–H and O–H groups in total. The molecule has 0 aromatic rings. The summed E-state index contributed by atoms with van der Waals surface area (Å²) in [6.45, 7) is 0.661. The van der Waals surface area contributed by atoms with E-state index in [0.29, 0.717) is 6.54 Å². The molecule has 2 saturated carbocycles. The van der Waals surface area contributed by atoms with Crippen LogP contribution in [-0.2, 0) is 0 Å². The summed E-state index contributed by atoms with van der Waals surface area (Å²) < 4.78 is 0. The zero-order chi connectivity index (χ0) is 10.0. The van der Waals surface area contributed by atoms with Gasteiger partial charge in [-0.25, -0.2) is 0 Å². The maximum Gasteiger partial charge on any atom is 0.0771 e. The molecule has 2 atom stereocenters. The molecular weight excluding hydrogens is 178 g/mol. The summed E-state index contributed by atoms with van der Waals surface area (Å²) in [5.74, 6) is 0. The fourth-order valence-electron chi connectivity index (χ4n) is 2.43. The van der Waals surface area contributed by atoms with Crippen LogP contribution in [0.25, 0.3) is 0 Å². The minimum absolute atomic E-state index is 0.201. The SMILES string of the molecule is O[C@H]1CCCC[C@@H]1NCC1(O)CCC1. The van der Waals surface area contributed by atoms with Gasteiger partial charge < -0.3 is 15.5 Å². The number of rotatable bonds is 3. The van der Waals surface area contributed by atoms with Gasteiger partial charge in [-0.1, -0.05) is 12.8 Å². The van der Waals surface area contributed by atoms with Crippen LogP contribution in [0.2, 0.25) is 0 Å². The second kappa shape index (κ2) is 4.17. The second-order valence-corrected chi connectivity index (χ2v) is 4.92. The van der Waals surface area contributed by atoms with Crippen LogP contribution in [-0.4, -0.2) is 34.5 Å². The number of hydrogen-bond donors (Lipinski definition) is 3. The summed E-state index contributed by atoms with van der Waals surface area (Å²) in [5.41, 5.74) is -0.461. The Morgan fingerprint density at radius 1 is 1.14 bits per heavy atom. The molecule has 0 aliphatic heterocycles. The van der Waals surface area contributed by atoms with Gasteiger partial charge in [0.15, 0.2) is 0 Å². The van der Waals surface area contributed by atoms with E-state index in [9.17, 15) is 10.2 Å². The van der Waals surface area contributed by atoms with Gasteiger partial charge in [0, 0.05) is 12.6 Å². The lowest BCUT2D eigenvalue weighted by Gasteiger charge is -2.39. The maximum absolute atomic E-state index is 9.88. The summed E-state index contributed by atoms with van der Waals surface area (Å²) in [7, 11) is 0. The predicted octanol–water partition coefficient (Wildman–Crippen LogP) is 0.794. The zero-order valence-electron chi connectivity index (χ0n) is 8.71. The third kappa shape index (κ3) is 2.27. The van der Waals surface area contributed by atoms with Gasteiger partial charge in [0.05, 0.1) is 11.7 Å². The Morgan fingerprint density at radius 2 is 1.86 bits per heavy atom. The average Bonchev–Trinajstić information content (AvgIpc) is 2.14. The predicted molar refractivity (Wildman–Crippen MR) is 55.1 cm³/mol. The molecule has 3 heteroatoms. The van der Waals surface area contributed by atoms with E-state index in [1.54, 1.807) is 0 Å². The molecule has 0 heterocycles. The van der Waals surface area contributed by atoms with Gasteiger partial charge in [-0.05, 0) is 32.1 Å². The quantitative estimate of drug-likeness (QED) is 0.630. The van der Waals surface area contributed by atoms with Gasteiger partial charge >= 0.3 is 0 Å². The Labute approximate surface area is 85.5 Å². The maximum atomic E-state index is 9.88. The molecule has 0 bridgehead atoms. The van der Waals surface area contributed by atoms with Crippen molar-refractivity contribution >= 4 is 0 Å². The molecule has 2 aliphatic rings. The lowest BCUT2D eigenvalue weighted by Crippen LogP contribution is -2.52. The molecule has 3 nitrogen and oxygen atoms in total. The van der Waals surface area contributed by atoms with E-state index in [2.05, 4.69) is 5.32 Å². The Balaban J connectivity index is 1.73. The van der Waals surface area contributed by atoms with E-state index in [-0.39, 0.29) is 12.1 Å². The fraction of sp³-hybridized carbons (Fsp3) is 1.00. The summed E-state index contributed by atoms with van der Waals surface area (Å²) in [6.07, 6.45) is 7.09. The highest BCUT2D eigenvalue weighted by Gasteiger charge is 2.35. The van der Waals surface area contributed by atoms with E-state index >= 15 is 0 Å². The Bertz CT molecular complexity index is 192. The van der Waals surface area contributed by atoms with Gasteiger partial charge in [-0.3, -0.25) is 0 Å². The molecule has 14 heavy (non-hydrogen) atoms. The van der Waals surface area contributed by atoms with Gasteiger partial charge in [0.25, 0.3) is 0 Å². The first-order valence-electron chi connectivity index (χ1n) is 5.83. The van der Waals surface area contributed by atoms with Crippen molar-refractivity contribution in [1.29, 1.82) is 0 Å². The Hall–Kier alpha value is -0.120. The number of aliphatic hydroxyl groups is 2. The van der Waals surface area contributed by atoms with Crippen LogP contribution in [0.3, 0.4) is 0 Å². The van der Waals surface area contributed by atoms with Crippen LogP contribution in [0.15, 0.2) is 0 Å². The van der Waals surface area contributed by atoms with Crippen molar-refractivity contribution in [3.8, 4) is 0 Å². The number of nitrogens with one attached hydrogen (secondary N) is 1. The fourth-order valence-corrected chi connectivity index (χ4v) is 2.43. The van der Waals surface area contributed by atoms with Crippen molar-refractivity contribution in [1.82, 2.24) is 5.32 Å². The first kappa shape index (κ1) is 10.4. The second-order valence-electron chi connectivity index (χ2n) is 4.92. The lowest BCUT2D eigenvalue weighted by atomic mass is 9.80. The van der Waals surface area contributed by atoms with Crippen molar-refractivity contribution in [2.75, 3.05) is 6.54 Å². The molecule has 0 spiro atoms. The summed E-state index contributed by atoms with van der Waals surface area (Å²) in [6, 6.07) is 0.216. The van der Waals surface area contributed by atoms with Crippen molar-refractivity contribution in [2.24, 2.45) is 0 Å². The van der Waals surface area contributed by atoms with Crippen LogP contribution in [0.4, 0.5) is 0 Å². The monoisotopic (exact) mass is 199 g/mol. The molecule has 2 fully saturated rings. The molecule has 0 radical (unpaired) electrons. The van der Waals surface area contributed by atoms with Crippen LogP contribution in [0, 0.1) is 0 Å². The van der Waals surface area contributed by atoms with Crippen molar-refractivity contribution < 1.29 is 10.2 Å². The van der Waals surface area contributed by atoms with Gasteiger partial charge in [-0.15, -0.1) is 0 Å². The van der Waals surface area contributed by atoms with Crippen molar-refractivity contribution in [2.45, 2.75) is 62.7 Å². The first-order valence-corrected chi connectivity index (χ1v) is 5.83. The topological polar surface area (TPSA) is 52.5 Å². The standard InChI is InChI=1S/C11H21NO2/c13-10-5-2-1-4-9(10)12-8-11(14)6-3-7-11/h9-10,12-14H,1-8H2/t9-,10-/m0/s1. The molecule has 0 aromatic carbocycles. The highest BCUT2D eigenvalue weighted by atomic mass is 16.3. The van der Waals surface area contributed by atoms with E-state index in [4.69, 9.17) is 0 Å². The summed E-state index contributed by atoms with van der Waals surface area (Å²) in [5, 5.41) is 22.9. The highest BCUT2D eigenvalue weighted by Crippen LogP contribution is 2.31. The molecule has 0 unspecified atom stereocenters. The Kier molecular flexibility index (Phi) is 3.10. The largest absolute Gasteiger partial charge is 0.392 e. The molecule has 2 aliphatic carbocycles.